The minimum Gasteiger partial charge on any atom is -0.232 e. The maximum absolute atomic E-state index is 10.6. The zero-order valence-electron chi connectivity index (χ0n) is 8.54. The van der Waals surface area contributed by atoms with Crippen LogP contribution in [0.4, 0.5) is 0 Å². The van der Waals surface area contributed by atoms with Gasteiger partial charge in [-0.1, -0.05) is 43.5 Å². The van der Waals surface area contributed by atoms with E-state index in [0.717, 1.165) is 11.5 Å². The first-order valence-corrected chi connectivity index (χ1v) is 5.57. The van der Waals surface area contributed by atoms with Crippen molar-refractivity contribution in [1.82, 2.24) is 0 Å². The van der Waals surface area contributed by atoms with Crippen LogP contribution in [0.25, 0.3) is 0 Å². The Balaban J connectivity index is 2.07. The fourth-order valence-corrected chi connectivity index (χ4v) is 2.32. The molecule has 0 aliphatic heterocycles. The highest BCUT2D eigenvalue weighted by Crippen LogP contribution is 2.32. The molecule has 1 aliphatic carbocycles. The molecule has 0 amide bonds. The lowest BCUT2D eigenvalue weighted by Crippen LogP contribution is -2.04. The van der Waals surface area contributed by atoms with Crippen molar-refractivity contribution in [2.45, 2.75) is 44.6 Å². The second-order valence-electron chi connectivity index (χ2n) is 4.22. The van der Waals surface area contributed by atoms with Crippen LogP contribution in [0.2, 0.25) is 0 Å². The van der Waals surface area contributed by atoms with Gasteiger partial charge in [-0.3, -0.25) is 0 Å². The summed E-state index contributed by atoms with van der Waals surface area (Å²) in [7, 11) is 0. The summed E-state index contributed by atoms with van der Waals surface area (Å²) >= 11 is 0. The third-order valence-electron chi connectivity index (χ3n) is 3.22. The highest BCUT2D eigenvalue weighted by molar-refractivity contribution is 5.25. The molecule has 1 radical (unpaired) electrons. The molecule has 75 valence electrons. The molecule has 1 aromatic carbocycles. The Kier molecular flexibility index (Phi) is 3.20. The Morgan fingerprint density at radius 2 is 1.64 bits per heavy atom. The van der Waals surface area contributed by atoms with E-state index >= 15 is 0 Å². The molecule has 0 unspecified atom stereocenters. The average molecular weight is 189 g/mol. The zero-order chi connectivity index (χ0) is 9.80. The van der Waals surface area contributed by atoms with Crippen LogP contribution in [0.15, 0.2) is 24.3 Å². The highest BCUT2D eigenvalue weighted by Gasteiger charge is 2.14. The Bertz CT molecular complexity index is 270. The first kappa shape index (κ1) is 9.72. The van der Waals surface area contributed by atoms with Crippen molar-refractivity contribution in [3.05, 3.63) is 35.4 Å². The van der Waals surface area contributed by atoms with E-state index < -0.39 is 0 Å². The van der Waals surface area contributed by atoms with E-state index in [9.17, 15) is 5.11 Å². The predicted octanol–water partition coefficient (Wildman–Crippen LogP) is 3.66. The Hall–Kier alpha value is -0.820. The SMILES string of the molecule is [O]Cc1ccc(C2CCCCC2)cc1. The molecule has 0 atom stereocenters. The van der Waals surface area contributed by atoms with Gasteiger partial charge in [0.05, 0.1) is 0 Å². The lowest BCUT2D eigenvalue weighted by Gasteiger charge is -2.21. The predicted molar refractivity (Wildman–Crippen MR) is 56.7 cm³/mol. The molecular weight excluding hydrogens is 172 g/mol. The summed E-state index contributed by atoms with van der Waals surface area (Å²) in [6.07, 6.45) is 6.80. The van der Waals surface area contributed by atoms with Crippen molar-refractivity contribution < 1.29 is 5.11 Å². The van der Waals surface area contributed by atoms with E-state index in [1.807, 2.05) is 12.1 Å². The number of benzene rings is 1. The lowest BCUT2D eigenvalue weighted by atomic mass is 9.84. The van der Waals surface area contributed by atoms with Crippen molar-refractivity contribution >= 4 is 0 Å². The summed E-state index contributed by atoms with van der Waals surface area (Å²) in [6.45, 7) is -0.0923. The molecule has 1 saturated carbocycles. The maximum Gasteiger partial charge on any atom is 0.107 e. The molecule has 1 fully saturated rings. The van der Waals surface area contributed by atoms with Crippen LogP contribution in [0, 0.1) is 0 Å². The third-order valence-corrected chi connectivity index (χ3v) is 3.22. The molecule has 0 aromatic heterocycles. The third kappa shape index (κ3) is 2.16. The van der Waals surface area contributed by atoms with Crippen LogP contribution >= 0.6 is 0 Å². The van der Waals surface area contributed by atoms with E-state index in [-0.39, 0.29) is 6.61 Å². The zero-order valence-corrected chi connectivity index (χ0v) is 8.54. The molecule has 1 heteroatoms. The average Bonchev–Trinajstić information content (AvgIpc) is 2.30. The fraction of sp³-hybridized carbons (Fsp3) is 0.538. The van der Waals surface area contributed by atoms with Gasteiger partial charge in [-0.05, 0) is 29.9 Å². The lowest BCUT2D eigenvalue weighted by molar-refractivity contribution is 0.177. The summed E-state index contributed by atoms with van der Waals surface area (Å²) in [4.78, 5) is 0. The van der Waals surface area contributed by atoms with Crippen LogP contribution in [0.1, 0.15) is 49.1 Å². The maximum atomic E-state index is 10.6. The van der Waals surface area contributed by atoms with Gasteiger partial charge in [0.1, 0.15) is 6.61 Å². The van der Waals surface area contributed by atoms with E-state index in [1.165, 1.54) is 37.7 Å². The van der Waals surface area contributed by atoms with Crippen molar-refractivity contribution in [3.8, 4) is 0 Å². The standard InChI is InChI=1S/C13H17O/c14-10-11-6-8-13(9-7-11)12-4-2-1-3-5-12/h6-9,12H,1-5,10H2. The van der Waals surface area contributed by atoms with Gasteiger partial charge in [-0.25, -0.2) is 5.11 Å². The summed E-state index contributed by atoms with van der Waals surface area (Å²) in [5, 5.41) is 10.6. The van der Waals surface area contributed by atoms with Gasteiger partial charge in [-0.2, -0.15) is 0 Å². The van der Waals surface area contributed by atoms with E-state index in [0.29, 0.717) is 0 Å². The van der Waals surface area contributed by atoms with Crippen LogP contribution in [0.3, 0.4) is 0 Å². The molecular formula is C13H17O. The number of hydrogen-bond donors (Lipinski definition) is 0. The molecule has 0 saturated heterocycles. The highest BCUT2D eigenvalue weighted by atomic mass is 16.3. The summed E-state index contributed by atoms with van der Waals surface area (Å²) in [5.41, 5.74) is 2.34. The van der Waals surface area contributed by atoms with Gasteiger partial charge in [0.25, 0.3) is 0 Å². The van der Waals surface area contributed by atoms with Gasteiger partial charge in [0.15, 0.2) is 0 Å². The molecule has 14 heavy (non-hydrogen) atoms. The van der Waals surface area contributed by atoms with Crippen molar-refractivity contribution in [1.29, 1.82) is 0 Å². The molecule has 1 aliphatic rings. The first-order chi connectivity index (χ1) is 6.90. The first-order valence-electron chi connectivity index (χ1n) is 5.57. The molecule has 1 aromatic rings. The van der Waals surface area contributed by atoms with Crippen LogP contribution < -0.4 is 0 Å². The molecule has 0 spiro atoms. The Labute approximate surface area is 85.8 Å². The minimum atomic E-state index is -0.0923. The van der Waals surface area contributed by atoms with Gasteiger partial charge in [0.2, 0.25) is 0 Å². The van der Waals surface area contributed by atoms with Gasteiger partial charge in [0, 0.05) is 0 Å². The van der Waals surface area contributed by atoms with E-state index in [1.54, 1.807) is 0 Å². The van der Waals surface area contributed by atoms with Crippen LogP contribution in [0.5, 0.6) is 0 Å². The summed E-state index contributed by atoms with van der Waals surface area (Å²) in [6, 6.07) is 8.25. The van der Waals surface area contributed by atoms with Gasteiger partial charge >= 0.3 is 0 Å². The largest absolute Gasteiger partial charge is 0.232 e. The molecule has 0 heterocycles. The molecule has 0 bridgehead atoms. The van der Waals surface area contributed by atoms with Crippen molar-refractivity contribution in [3.63, 3.8) is 0 Å². The van der Waals surface area contributed by atoms with E-state index in [4.69, 9.17) is 0 Å². The van der Waals surface area contributed by atoms with Crippen LogP contribution in [-0.2, 0) is 11.7 Å². The monoisotopic (exact) mass is 189 g/mol. The fourth-order valence-electron chi connectivity index (χ4n) is 2.32. The quantitative estimate of drug-likeness (QED) is 0.676. The van der Waals surface area contributed by atoms with Gasteiger partial charge in [-0.15, -0.1) is 0 Å². The normalized spacial score (nSPS) is 18.4. The van der Waals surface area contributed by atoms with Crippen molar-refractivity contribution in [2.24, 2.45) is 0 Å². The Morgan fingerprint density at radius 3 is 2.21 bits per heavy atom. The summed E-state index contributed by atoms with van der Waals surface area (Å²) in [5.74, 6) is 0.754. The topological polar surface area (TPSA) is 19.9 Å². The Morgan fingerprint density at radius 1 is 1.00 bits per heavy atom. The summed E-state index contributed by atoms with van der Waals surface area (Å²) < 4.78 is 0. The smallest absolute Gasteiger partial charge is 0.107 e. The molecule has 2 rings (SSSR count). The van der Waals surface area contributed by atoms with Crippen molar-refractivity contribution in [2.75, 3.05) is 0 Å². The van der Waals surface area contributed by atoms with Gasteiger partial charge < -0.3 is 0 Å². The minimum absolute atomic E-state index is 0.0923. The van der Waals surface area contributed by atoms with Crippen LogP contribution in [-0.4, -0.2) is 0 Å². The second-order valence-corrected chi connectivity index (χ2v) is 4.22. The number of rotatable bonds is 2. The van der Waals surface area contributed by atoms with E-state index in [2.05, 4.69) is 12.1 Å². The molecule has 0 N–H and O–H groups in total. The second kappa shape index (κ2) is 4.61. The number of hydrogen-bond acceptors (Lipinski definition) is 0. The molecule has 1 nitrogen and oxygen atoms in total.